The number of aryl methyl sites for hydroxylation is 1. The van der Waals surface area contributed by atoms with Gasteiger partial charge in [-0.2, -0.15) is 0 Å². The van der Waals surface area contributed by atoms with Gasteiger partial charge in [-0.25, -0.2) is 0 Å². The molecule has 1 amide bonds. The highest BCUT2D eigenvalue weighted by Crippen LogP contribution is 2.31. The van der Waals surface area contributed by atoms with E-state index in [0.29, 0.717) is 59.7 Å². The lowest BCUT2D eigenvalue weighted by Gasteiger charge is -2.12. The molecule has 0 aromatic heterocycles. The number of benzene rings is 2. The van der Waals surface area contributed by atoms with Gasteiger partial charge in [0.05, 0.1) is 25.8 Å². The Morgan fingerprint density at radius 1 is 1.07 bits per heavy atom. The second-order valence-electron chi connectivity index (χ2n) is 5.78. The summed E-state index contributed by atoms with van der Waals surface area (Å²) in [5.74, 6) is 1.89. The van der Waals surface area contributed by atoms with Crippen LogP contribution >= 0.6 is 23.2 Å². The number of ether oxygens (including phenoxy) is 3. The molecule has 0 saturated heterocycles. The molecule has 0 bridgehead atoms. The standard InChI is InChI=1S/C20H23Cl2NO4/c1-25-18-6-3-5-14(20(18)26-2)7-10-19(24)23-11-4-12-27-17-9-8-15(21)13-16(17)22/h3,5-6,8-9,13H,4,7,10-12H2,1-2H3,(H,23,24). The molecule has 7 heteroatoms. The molecule has 0 aliphatic carbocycles. The Morgan fingerprint density at radius 3 is 2.59 bits per heavy atom. The molecule has 0 atom stereocenters. The number of hydrogen-bond donors (Lipinski definition) is 1. The van der Waals surface area contributed by atoms with Gasteiger partial charge in [0.1, 0.15) is 5.75 Å². The third-order valence-corrected chi connectivity index (χ3v) is 4.43. The quantitative estimate of drug-likeness (QED) is 0.583. The third kappa shape index (κ3) is 6.52. The largest absolute Gasteiger partial charge is 0.493 e. The summed E-state index contributed by atoms with van der Waals surface area (Å²) in [4.78, 5) is 12.0. The van der Waals surface area contributed by atoms with E-state index in [1.165, 1.54) is 0 Å². The van der Waals surface area contributed by atoms with Crippen molar-refractivity contribution < 1.29 is 19.0 Å². The number of nitrogens with one attached hydrogen (secondary N) is 1. The Kier molecular flexibility index (Phi) is 8.55. The van der Waals surface area contributed by atoms with Gasteiger partial charge in [-0.05, 0) is 42.7 Å². The number of amides is 1. The monoisotopic (exact) mass is 411 g/mol. The van der Waals surface area contributed by atoms with Crippen molar-refractivity contribution in [1.82, 2.24) is 5.32 Å². The lowest BCUT2D eigenvalue weighted by atomic mass is 10.1. The van der Waals surface area contributed by atoms with E-state index in [1.54, 1.807) is 32.4 Å². The first kappa shape index (κ1) is 21.2. The average molecular weight is 412 g/mol. The van der Waals surface area contributed by atoms with Gasteiger partial charge in [-0.15, -0.1) is 0 Å². The van der Waals surface area contributed by atoms with Gasteiger partial charge in [-0.3, -0.25) is 4.79 Å². The Bertz CT molecular complexity index is 768. The van der Waals surface area contributed by atoms with Crippen LogP contribution in [0.1, 0.15) is 18.4 Å². The van der Waals surface area contributed by atoms with Crippen molar-refractivity contribution in [2.24, 2.45) is 0 Å². The lowest BCUT2D eigenvalue weighted by Crippen LogP contribution is -2.25. The van der Waals surface area contributed by atoms with Crippen molar-refractivity contribution >= 4 is 29.1 Å². The van der Waals surface area contributed by atoms with Crippen LogP contribution in [0.5, 0.6) is 17.2 Å². The van der Waals surface area contributed by atoms with Crippen LogP contribution in [0.2, 0.25) is 10.0 Å². The fraction of sp³-hybridized carbons (Fsp3) is 0.350. The van der Waals surface area contributed by atoms with Crippen molar-refractivity contribution in [2.45, 2.75) is 19.3 Å². The Labute approximate surface area is 169 Å². The molecular weight excluding hydrogens is 389 g/mol. The summed E-state index contributed by atoms with van der Waals surface area (Å²) in [6, 6.07) is 10.7. The molecule has 0 radical (unpaired) electrons. The third-order valence-electron chi connectivity index (χ3n) is 3.90. The predicted molar refractivity (Wildman–Crippen MR) is 107 cm³/mol. The number of carbonyl (C=O) groups excluding carboxylic acids is 1. The smallest absolute Gasteiger partial charge is 0.220 e. The molecule has 2 aromatic rings. The first-order valence-corrected chi connectivity index (χ1v) is 9.35. The van der Waals surface area contributed by atoms with E-state index < -0.39 is 0 Å². The Balaban J connectivity index is 1.69. The summed E-state index contributed by atoms with van der Waals surface area (Å²) in [7, 11) is 3.18. The molecule has 2 aromatic carbocycles. The SMILES string of the molecule is COc1cccc(CCC(=O)NCCCOc2ccc(Cl)cc2Cl)c1OC. The second kappa shape index (κ2) is 10.9. The lowest BCUT2D eigenvalue weighted by molar-refractivity contribution is -0.121. The minimum absolute atomic E-state index is 0.0237. The van der Waals surface area contributed by atoms with E-state index in [2.05, 4.69) is 5.32 Å². The number of hydrogen-bond acceptors (Lipinski definition) is 4. The second-order valence-corrected chi connectivity index (χ2v) is 6.62. The minimum Gasteiger partial charge on any atom is -0.493 e. The van der Waals surface area contributed by atoms with Crippen LogP contribution in [0.3, 0.4) is 0 Å². The van der Waals surface area contributed by atoms with Gasteiger partial charge in [-0.1, -0.05) is 35.3 Å². The van der Waals surface area contributed by atoms with Gasteiger partial charge in [0.2, 0.25) is 5.91 Å². The maximum atomic E-state index is 12.0. The number of carbonyl (C=O) groups is 1. The fourth-order valence-electron chi connectivity index (χ4n) is 2.56. The molecule has 27 heavy (non-hydrogen) atoms. The van der Waals surface area contributed by atoms with Crippen LogP contribution in [0.4, 0.5) is 0 Å². The van der Waals surface area contributed by atoms with E-state index >= 15 is 0 Å². The molecule has 0 spiro atoms. The maximum Gasteiger partial charge on any atom is 0.220 e. The van der Waals surface area contributed by atoms with E-state index in [4.69, 9.17) is 37.4 Å². The summed E-state index contributed by atoms with van der Waals surface area (Å²) < 4.78 is 16.2. The zero-order valence-electron chi connectivity index (χ0n) is 15.4. The normalized spacial score (nSPS) is 10.4. The summed E-state index contributed by atoms with van der Waals surface area (Å²) in [5.41, 5.74) is 0.938. The number of methoxy groups -OCH3 is 2. The molecule has 0 unspecified atom stereocenters. The molecule has 0 fully saturated rings. The first-order chi connectivity index (χ1) is 13.0. The summed E-state index contributed by atoms with van der Waals surface area (Å²) in [5, 5.41) is 3.92. The number of halogens is 2. The van der Waals surface area contributed by atoms with Crippen LogP contribution in [0.15, 0.2) is 36.4 Å². The Morgan fingerprint density at radius 2 is 1.89 bits per heavy atom. The maximum absolute atomic E-state index is 12.0. The molecule has 5 nitrogen and oxygen atoms in total. The summed E-state index contributed by atoms with van der Waals surface area (Å²) >= 11 is 11.9. The van der Waals surface area contributed by atoms with Crippen molar-refractivity contribution in [2.75, 3.05) is 27.4 Å². The number of para-hydroxylation sites is 1. The highest BCUT2D eigenvalue weighted by Gasteiger charge is 2.11. The highest BCUT2D eigenvalue weighted by molar-refractivity contribution is 6.35. The van der Waals surface area contributed by atoms with E-state index in [9.17, 15) is 4.79 Å². The molecule has 146 valence electrons. The zero-order chi connectivity index (χ0) is 19.6. The van der Waals surface area contributed by atoms with E-state index in [1.807, 2.05) is 18.2 Å². The molecule has 1 N–H and O–H groups in total. The summed E-state index contributed by atoms with van der Waals surface area (Å²) in [6.07, 6.45) is 1.61. The van der Waals surface area contributed by atoms with Crippen LogP contribution in [0, 0.1) is 0 Å². The zero-order valence-corrected chi connectivity index (χ0v) is 16.9. The molecular formula is C20H23Cl2NO4. The first-order valence-electron chi connectivity index (χ1n) is 8.59. The van der Waals surface area contributed by atoms with E-state index in [0.717, 1.165) is 5.56 Å². The van der Waals surface area contributed by atoms with Crippen LogP contribution < -0.4 is 19.5 Å². The molecule has 0 saturated carbocycles. The molecule has 2 rings (SSSR count). The van der Waals surface area contributed by atoms with Gasteiger partial charge < -0.3 is 19.5 Å². The van der Waals surface area contributed by atoms with Crippen LogP contribution in [0.25, 0.3) is 0 Å². The van der Waals surface area contributed by atoms with Crippen molar-refractivity contribution in [1.29, 1.82) is 0 Å². The van der Waals surface area contributed by atoms with Crippen molar-refractivity contribution in [3.63, 3.8) is 0 Å². The van der Waals surface area contributed by atoms with Crippen LogP contribution in [-0.4, -0.2) is 33.3 Å². The molecule has 0 aliphatic rings. The fourth-order valence-corrected chi connectivity index (χ4v) is 3.02. The average Bonchev–Trinajstić information content (AvgIpc) is 2.67. The van der Waals surface area contributed by atoms with Crippen LogP contribution in [-0.2, 0) is 11.2 Å². The predicted octanol–water partition coefficient (Wildman–Crippen LogP) is 4.53. The van der Waals surface area contributed by atoms with Gasteiger partial charge in [0.15, 0.2) is 11.5 Å². The van der Waals surface area contributed by atoms with E-state index in [-0.39, 0.29) is 5.91 Å². The molecule has 0 heterocycles. The van der Waals surface area contributed by atoms with Crippen molar-refractivity contribution in [3.05, 3.63) is 52.0 Å². The van der Waals surface area contributed by atoms with Gasteiger partial charge in [0.25, 0.3) is 0 Å². The highest BCUT2D eigenvalue weighted by atomic mass is 35.5. The summed E-state index contributed by atoms with van der Waals surface area (Å²) in [6.45, 7) is 0.977. The van der Waals surface area contributed by atoms with Gasteiger partial charge >= 0.3 is 0 Å². The van der Waals surface area contributed by atoms with Crippen molar-refractivity contribution in [3.8, 4) is 17.2 Å². The topological polar surface area (TPSA) is 56.8 Å². The Hall–Kier alpha value is -2.11. The number of rotatable bonds is 10. The minimum atomic E-state index is -0.0237. The molecule has 0 aliphatic heterocycles. The van der Waals surface area contributed by atoms with Gasteiger partial charge in [0, 0.05) is 18.0 Å².